The van der Waals surface area contributed by atoms with E-state index in [4.69, 9.17) is 11.6 Å². The van der Waals surface area contributed by atoms with Crippen LogP contribution in [0, 0.1) is 13.8 Å². The van der Waals surface area contributed by atoms with Gasteiger partial charge in [-0.3, -0.25) is 4.79 Å². The monoisotopic (exact) mass is 391 g/mol. The number of halogens is 1. The van der Waals surface area contributed by atoms with Crippen molar-refractivity contribution in [2.24, 2.45) is 0 Å². The second kappa shape index (κ2) is 7.05. The molecule has 0 saturated heterocycles. The molecule has 1 amide bonds. The molecular formula is C20H22ClNO3S. The van der Waals surface area contributed by atoms with Crippen LogP contribution in [0.4, 0.5) is 5.69 Å². The van der Waals surface area contributed by atoms with E-state index in [1.54, 1.807) is 12.1 Å². The summed E-state index contributed by atoms with van der Waals surface area (Å²) in [5.74, 6) is -0.449. The highest BCUT2D eigenvalue weighted by atomic mass is 35.5. The van der Waals surface area contributed by atoms with Crippen LogP contribution in [0.3, 0.4) is 0 Å². The maximum Gasteiger partial charge on any atom is 0.246 e. The van der Waals surface area contributed by atoms with Crippen molar-refractivity contribution >= 4 is 33.0 Å². The molecular weight excluding hydrogens is 370 g/mol. The predicted molar refractivity (Wildman–Crippen MR) is 104 cm³/mol. The van der Waals surface area contributed by atoms with E-state index in [1.807, 2.05) is 32.0 Å². The fraction of sp³-hybridized carbons (Fsp3) is 0.350. The van der Waals surface area contributed by atoms with E-state index >= 15 is 0 Å². The molecule has 1 saturated carbocycles. The van der Waals surface area contributed by atoms with E-state index < -0.39 is 20.5 Å². The third-order valence-corrected chi connectivity index (χ3v) is 7.71. The van der Waals surface area contributed by atoms with Crippen molar-refractivity contribution in [3.8, 4) is 0 Å². The quantitative estimate of drug-likeness (QED) is 0.822. The predicted octanol–water partition coefficient (Wildman–Crippen LogP) is 4.68. The van der Waals surface area contributed by atoms with E-state index in [0.717, 1.165) is 11.1 Å². The first-order valence-electron chi connectivity index (χ1n) is 8.65. The average molecular weight is 392 g/mol. The van der Waals surface area contributed by atoms with Gasteiger partial charge in [0.15, 0.2) is 14.6 Å². The highest BCUT2D eigenvalue weighted by molar-refractivity contribution is 7.93. The van der Waals surface area contributed by atoms with Crippen molar-refractivity contribution in [1.29, 1.82) is 0 Å². The lowest BCUT2D eigenvalue weighted by Crippen LogP contribution is -2.47. The Bertz CT molecular complexity index is 910. The highest BCUT2D eigenvalue weighted by Gasteiger charge is 2.52. The van der Waals surface area contributed by atoms with Gasteiger partial charge in [-0.15, -0.1) is 0 Å². The molecule has 2 aromatic rings. The molecule has 4 nitrogen and oxygen atoms in total. The van der Waals surface area contributed by atoms with Crippen LogP contribution in [0.15, 0.2) is 47.4 Å². The summed E-state index contributed by atoms with van der Waals surface area (Å²) in [4.78, 5) is 13.3. The van der Waals surface area contributed by atoms with Crippen molar-refractivity contribution < 1.29 is 13.2 Å². The first kappa shape index (κ1) is 18.9. The second-order valence-electron chi connectivity index (χ2n) is 6.99. The molecule has 6 heteroatoms. The summed E-state index contributed by atoms with van der Waals surface area (Å²) in [6.07, 6.45) is 2.09. The summed E-state index contributed by atoms with van der Waals surface area (Å²) in [6, 6.07) is 11.7. The SMILES string of the molecule is Cc1cc(C)cc(NC(=O)C2(S(=O)(=O)c3ccc(Cl)cc3)CCCC2)c1. The zero-order valence-electron chi connectivity index (χ0n) is 14.9. The van der Waals surface area contributed by atoms with Crippen LogP contribution in [0.2, 0.25) is 5.02 Å². The molecule has 3 rings (SSSR count). The fourth-order valence-electron chi connectivity index (χ4n) is 3.70. The number of carbonyl (C=O) groups excluding carboxylic acids is 1. The van der Waals surface area contributed by atoms with E-state index in [-0.39, 0.29) is 4.90 Å². The maximum absolute atomic E-state index is 13.3. The third-order valence-electron chi connectivity index (χ3n) is 4.94. The average Bonchev–Trinajstić information content (AvgIpc) is 3.06. The number of rotatable bonds is 4. The van der Waals surface area contributed by atoms with Gasteiger partial charge in [0, 0.05) is 10.7 Å². The Morgan fingerprint density at radius 3 is 2.08 bits per heavy atom. The fourth-order valence-corrected chi connectivity index (χ4v) is 5.89. The van der Waals surface area contributed by atoms with Crippen LogP contribution in [0.25, 0.3) is 0 Å². The zero-order chi connectivity index (χ0) is 18.9. The zero-order valence-corrected chi connectivity index (χ0v) is 16.5. The number of nitrogens with one attached hydrogen (secondary N) is 1. The van der Waals surface area contributed by atoms with E-state index in [0.29, 0.717) is 36.4 Å². The normalized spacial score (nSPS) is 16.4. The maximum atomic E-state index is 13.3. The Morgan fingerprint density at radius 1 is 1.00 bits per heavy atom. The molecule has 1 N–H and O–H groups in total. The van der Waals surface area contributed by atoms with Gasteiger partial charge in [-0.1, -0.05) is 30.5 Å². The lowest BCUT2D eigenvalue weighted by molar-refractivity contribution is -0.118. The van der Waals surface area contributed by atoms with Crippen molar-refractivity contribution in [2.45, 2.75) is 49.2 Å². The Hall–Kier alpha value is -1.85. The minimum Gasteiger partial charge on any atom is -0.325 e. The number of hydrogen-bond donors (Lipinski definition) is 1. The first-order chi connectivity index (χ1) is 12.2. The van der Waals surface area contributed by atoms with E-state index in [9.17, 15) is 13.2 Å². The van der Waals surface area contributed by atoms with Gasteiger partial charge in [-0.05, 0) is 74.2 Å². The molecule has 0 radical (unpaired) electrons. The molecule has 0 aliphatic heterocycles. The molecule has 1 aliphatic carbocycles. The lowest BCUT2D eigenvalue weighted by atomic mass is 10.1. The van der Waals surface area contributed by atoms with E-state index in [1.165, 1.54) is 12.1 Å². The van der Waals surface area contributed by atoms with Gasteiger partial charge in [-0.25, -0.2) is 8.42 Å². The summed E-state index contributed by atoms with van der Waals surface area (Å²) >= 11 is 5.88. The second-order valence-corrected chi connectivity index (χ2v) is 9.69. The molecule has 1 aliphatic rings. The van der Waals surface area contributed by atoms with Crippen molar-refractivity contribution in [3.63, 3.8) is 0 Å². The lowest BCUT2D eigenvalue weighted by Gasteiger charge is -2.28. The summed E-state index contributed by atoms with van der Waals surface area (Å²) in [5, 5.41) is 3.31. The summed E-state index contributed by atoms with van der Waals surface area (Å²) < 4.78 is 25.2. The molecule has 0 aromatic heterocycles. The van der Waals surface area contributed by atoms with Crippen LogP contribution in [0.5, 0.6) is 0 Å². The van der Waals surface area contributed by atoms with Gasteiger partial charge in [-0.2, -0.15) is 0 Å². The number of carbonyl (C=O) groups is 1. The summed E-state index contributed by atoms with van der Waals surface area (Å²) in [5.41, 5.74) is 2.66. The van der Waals surface area contributed by atoms with Crippen LogP contribution < -0.4 is 5.32 Å². The number of amides is 1. The first-order valence-corrected chi connectivity index (χ1v) is 10.5. The topological polar surface area (TPSA) is 63.2 Å². The Balaban J connectivity index is 1.99. The number of sulfone groups is 1. The number of benzene rings is 2. The third kappa shape index (κ3) is 3.38. The molecule has 0 heterocycles. The Kier molecular flexibility index (Phi) is 5.13. The Morgan fingerprint density at radius 2 is 1.54 bits per heavy atom. The molecule has 0 unspecified atom stereocenters. The summed E-state index contributed by atoms with van der Waals surface area (Å²) in [6.45, 7) is 3.89. The molecule has 2 aromatic carbocycles. The Labute approximate surface area is 159 Å². The van der Waals surface area contributed by atoms with Crippen molar-refractivity contribution in [3.05, 3.63) is 58.6 Å². The molecule has 0 bridgehead atoms. The van der Waals surface area contributed by atoms with Crippen LogP contribution in [-0.4, -0.2) is 19.1 Å². The minimum atomic E-state index is -3.83. The smallest absolute Gasteiger partial charge is 0.246 e. The van der Waals surface area contributed by atoms with Crippen LogP contribution >= 0.6 is 11.6 Å². The molecule has 1 fully saturated rings. The van der Waals surface area contributed by atoms with Gasteiger partial charge >= 0.3 is 0 Å². The van der Waals surface area contributed by atoms with Gasteiger partial charge in [0.05, 0.1) is 4.90 Å². The van der Waals surface area contributed by atoms with Crippen molar-refractivity contribution in [1.82, 2.24) is 0 Å². The summed E-state index contributed by atoms with van der Waals surface area (Å²) in [7, 11) is -3.83. The van der Waals surface area contributed by atoms with Gasteiger partial charge < -0.3 is 5.32 Å². The molecule has 0 spiro atoms. The van der Waals surface area contributed by atoms with Crippen LogP contribution in [-0.2, 0) is 14.6 Å². The number of anilines is 1. The van der Waals surface area contributed by atoms with Gasteiger partial charge in [0.1, 0.15) is 0 Å². The molecule has 26 heavy (non-hydrogen) atoms. The number of hydrogen-bond acceptors (Lipinski definition) is 3. The van der Waals surface area contributed by atoms with Gasteiger partial charge in [0.25, 0.3) is 0 Å². The largest absolute Gasteiger partial charge is 0.325 e. The molecule has 138 valence electrons. The molecule has 0 atom stereocenters. The van der Waals surface area contributed by atoms with Gasteiger partial charge in [0.2, 0.25) is 5.91 Å². The highest BCUT2D eigenvalue weighted by Crippen LogP contribution is 2.41. The van der Waals surface area contributed by atoms with Crippen LogP contribution in [0.1, 0.15) is 36.8 Å². The number of aryl methyl sites for hydroxylation is 2. The van der Waals surface area contributed by atoms with E-state index in [2.05, 4.69) is 5.32 Å². The van der Waals surface area contributed by atoms with Crippen molar-refractivity contribution in [2.75, 3.05) is 5.32 Å². The standard InChI is InChI=1S/C20H22ClNO3S/c1-14-11-15(2)13-17(12-14)22-19(23)20(9-3-4-10-20)26(24,25)18-7-5-16(21)6-8-18/h5-8,11-13H,3-4,9-10H2,1-2H3,(H,22,23). The minimum absolute atomic E-state index is 0.138.